The van der Waals surface area contributed by atoms with Gasteiger partial charge in [0, 0.05) is 23.7 Å². The van der Waals surface area contributed by atoms with Gasteiger partial charge in [-0.2, -0.15) is 4.31 Å². The van der Waals surface area contributed by atoms with Crippen LogP contribution in [0.4, 0.5) is 5.69 Å². The molecule has 0 radical (unpaired) electrons. The Bertz CT molecular complexity index is 1080. The molecule has 0 saturated carbocycles. The first-order chi connectivity index (χ1) is 15.2. The molecule has 1 aliphatic carbocycles. The molecule has 1 aromatic heterocycles. The third-order valence-electron chi connectivity index (χ3n) is 5.44. The van der Waals surface area contributed by atoms with Gasteiger partial charge in [-0.15, -0.1) is 11.3 Å². The molecule has 10 heteroatoms. The summed E-state index contributed by atoms with van der Waals surface area (Å²) in [6.07, 6.45) is 2.73. The summed E-state index contributed by atoms with van der Waals surface area (Å²) >= 11 is 1.43. The maximum Gasteiger partial charge on any atom is 0.348 e. The molecule has 0 bridgehead atoms. The van der Waals surface area contributed by atoms with Crippen LogP contribution in [-0.4, -0.2) is 56.5 Å². The summed E-state index contributed by atoms with van der Waals surface area (Å²) in [6, 6.07) is 7.79. The lowest BCUT2D eigenvalue weighted by molar-refractivity contribution is -0.119. The van der Waals surface area contributed by atoms with Crippen LogP contribution in [0.2, 0.25) is 0 Å². The van der Waals surface area contributed by atoms with Gasteiger partial charge < -0.3 is 14.8 Å². The molecule has 4 rings (SSSR count). The van der Waals surface area contributed by atoms with Crippen molar-refractivity contribution in [2.24, 2.45) is 0 Å². The summed E-state index contributed by atoms with van der Waals surface area (Å²) in [5, 5.41) is 2.62. The minimum atomic E-state index is -3.65. The fraction of sp³-hybridized carbons (Fsp3) is 0.455. The van der Waals surface area contributed by atoms with E-state index in [9.17, 15) is 18.0 Å². The molecule has 32 heavy (non-hydrogen) atoms. The van der Waals surface area contributed by atoms with Crippen molar-refractivity contribution in [1.29, 1.82) is 0 Å². The number of sulfonamides is 1. The van der Waals surface area contributed by atoms with Gasteiger partial charge >= 0.3 is 5.97 Å². The number of carbonyl (C=O) groups excluding carboxylic acids is 2. The third-order valence-corrected chi connectivity index (χ3v) is 8.51. The van der Waals surface area contributed by atoms with Crippen molar-refractivity contribution < 1.29 is 27.5 Å². The number of anilines is 1. The van der Waals surface area contributed by atoms with Crippen molar-refractivity contribution in [3.8, 4) is 0 Å². The average Bonchev–Trinajstić information content (AvgIpc) is 3.34. The molecule has 1 aromatic carbocycles. The smallest absolute Gasteiger partial charge is 0.348 e. The van der Waals surface area contributed by atoms with E-state index in [0.29, 0.717) is 23.7 Å². The Labute approximate surface area is 191 Å². The van der Waals surface area contributed by atoms with E-state index in [1.54, 1.807) is 0 Å². The van der Waals surface area contributed by atoms with Crippen LogP contribution in [0.3, 0.4) is 0 Å². The second-order valence-electron chi connectivity index (χ2n) is 8.14. The van der Waals surface area contributed by atoms with Crippen molar-refractivity contribution in [1.82, 2.24) is 4.31 Å². The molecule has 2 aliphatic rings. The molecular formula is C22H26N2O6S2. The summed E-state index contributed by atoms with van der Waals surface area (Å²) < 4.78 is 37.9. The van der Waals surface area contributed by atoms with Crippen LogP contribution in [0.5, 0.6) is 0 Å². The number of benzene rings is 1. The average molecular weight is 479 g/mol. The van der Waals surface area contributed by atoms with Gasteiger partial charge in [0.25, 0.3) is 5.91 Å². The van der Waals surface area contributed by atoms with E-state index in [1.807, 2.05) is 19.9 Å². The predicted molar refractivity (Wildman–Crippen MR) is 120 cm³/mol. The van der Waals surface area contributed by atoms with Crippen LogP contribution in [0.15, 0.2) is 35.2 Å². The molecule has 1 N–H and O–H groups in total. The maximum atomic E-state index is 12.9. The highest BCUT2D eigenvalue weighted by Gasteiger charge is 2.32. The molecule has 1 saturated heterocycles. The number of fused-ring (bicyclic) bond motifs is 1. The number of amides is 1. The minimum Gasteiger partial charge on any atom is -0.451 e. The minimum absolute atomic E-state index is 0.147. The fourth-order valence-corrected chi connectivity index (χ4v) is 6.75. The molecule has 1 amide bonds. The third kappa shape index (κ3) is 5.03. The Balaban J connectivity index is 1.31. The predicted octanol–water partition coefficient (Wildman–Crippen LogP) is 2.83. The summed E-state index contributed by atoms with van der Waals surface area (Å²) in [4.78, 5) is 26.2. The maximum absolute atomic E-state index is 12.9. The quantitative estimate of drug-likeness (QED) is 0.641. The number of carbonyl (C=O) groups is 2. The normalized spacial score (nSPS) is 21.2. The van der Waals surface area contributed by atoms with Crippen LogP contribution < -0.4 is 5.32 Å². The van der Waals surface area contributed by atoms with Crippen molar-refractivity contribution in [2.75, 3.05) is 25.0 Å². The zero-order valence-corrected chi connectivity index (χ0v) is 19.6. The van der Waals surface area contributed by atoms with Crippen LogP contribution in [0.1, 0.15) is 40.4 Å². The lowest BCUT2D eigenvalue weighted by Crippen LogP contribution is -2.48. The Morgan fingerprint density at radius 1 is 1.16 bits per heavy atom. The Morgan fingerprint density at radius 3 is 2.50 bits per heavy atom. The zero-order chi connectivity index (χ0) is 22.9. The summed E-state index contributed by atoms with van der Waals surface area (Å²) in [5.41, 5.74) is 1.62. The SMILES string of the molecule is C[C@H]1CN(S(=O)(=O)c2ccc(NC(=O)COC(=O)c3cc4c(s3)CCC4)cc2)C[C@H](C)O1. The van der Waals surface area contributed by atoms with E-state index < -0.39 is 28.5 Å². The van der Waals surface area contributed by atoms with Crippen LogP contribution in [0, 0.1) is 0 Å². The molecule has 172 valence electrons. The lowest BCUT2D eigenvalue weighted by Gasteiger charge is -2.34. The first-order valence-corrected chi connectivity index (χ1v) is 12.8. The van der Waals surface area contributed by atoms with Gasteiger partial charge in [-0.1, -0.05) is 0 Å². The van der Waals surface area contributed by atoms with E-state index >= 15 is 0 Å². The summed E-state index contributed by atoms with van der Waals surface area (Å²) in [6.45, 7) is 3.86. The van der Waals surface area contributed by atoms with Crippen LogP contribution in [0.25, 0.3) is 0 Å². The van der Waals surface area contributed by atoms with Gasteiger partial charge in [-0.25, -0.2) is 13.2 Å². The van der Waals surface area contributed by atoms with E-state index in [4.69, 9.17) is 9.47 Å². The standard InChI is InChI=1S/C22H26N2O6S2/c1-14-11-24(12-15(2)30-14)32(27,28)18-8-6-17(7-9-18)23-21(25)13-29-22(26)20-10-16-4-3-5-19(16)31-20/h6-10,14-15H,3-5,11-13H2,1-2H3,(H,23,25)/t14-,15-/m0/s1. The number of esters is 1. The molecular weight excluding hydrogens is 452 g/mol. The second-order valence-corrected chi connectivity index (χ2v) is 11.2. The van der Waals surface area contributed by atoms with Crippen molar-refractivity contribution in [3.63, 3.8) is 0 Å². The number of rotatable bonds is 6. The molecule has 2 heterocycles. The second kappa shape index (κ2) is 9.30. The van der Waals surface area contributed by atoms with Crippen molar-refractivity contribution in [2.45, 2.75) is 50.2 Å². The zero-order valence-electron chi connectivity index (χ0n) is 18.0. The highest BCUT2D eigenvalue weighted by atomic mass is 32.2. The van der Waals surface area contributed by atoms with Gasteiger partial charge in [0.15, 0.2) is 6.61 Å². The highest BCUT2D eigenvalue weighted by Crippen LogP contribution is 2.31. The summed E-state index contributed by atoms with van der Waals surface area (Å²) in [7, 11) is -3.65. The topological polar surface area (TPSA) is 102 Å². The van der Waals surface area contributed by atoms with E-state index in [1.165, 1.54) is 50.3 Å². The largest absolute Gasteiger partial charge is 0.451 e. The molecule has 1 aliphatic heterocycles. The van der Waals surface area contributed by atoms with Crippen molar-refractivity contribution >= 4 is 38.9 Å². The Morgan fingerprint density at radius 2 is 1.84 bits per heavy atom. The van der Waals surface area contributed by atoms with Gasteiger partial charge in [0.2, 0.25) is 10.0 Å². The van der Waals surface area contributed by atoms with E-state index in [0.717, 1.165) is 19.3 Å². The molecule has 8 nitrogen and oxygen atoms in total. The lowest BCUT2D eigenvalue weighted by atomic mass is 10.2. The number of hydrogen-bond donors (Lipinski definition) is 1. The number of aryl methyl sites for hydroxylation is 2. The molecule has 1 fully saturated rings. The monoisotopic (exact) mass is 478 g/mol. The number of thiophene rings is 1. The van der Waals surface area contributed by atoms with E-state index in [-0.39, 0.29) is 17.1 Å². The van der Waals surface area contributed by atoms with Gasteiger partial charge in [-0.3, -0.25) is 4.79 Å². The van der Waals surface area contributed by atoms with Gasteiger partial charge in [0.05, 0.1) is 17.1 Å². The first-order valence-electron chi connectivity index (χ1n) is 10.6. The van der Waals surface area contributed by atoms with Gasteiger partial charge in [-0.05, 0) is 69.0 Å². The number of ether oxygens (including phenoxy) is 2. The van der Waals surface area contributed by atoms with Crippen LogP contribution in [-0.2, 0) is 37.1 Å². The number of nitrogens with one attached hydrogen (secondary N) is 1. The number of nitrogens with zero attached hydrogens (tertiary/aromatic N) is 1. The highest BCUT2D eigenvalue weighted by molar-refractivity contribution is 7.89. The molecule has 0 unspecified atom stereocenters. The number of morpholine rings is 1. The fourth-order valence-electron chi connectivity index (χ4n) is 4.02. The molecule has 2 aromatic rings. The van der Waals surface area contributed by atoms with E-state index in [2.05, 4.69) is 5.32 Å². The molecule has 2 atom stereocenters. The number of hydrogen-bond acceptors (Lipinski definition) is 7. The van der Waals surface area contributed by atoms with Gasteiger partial charge in [0.1, 0.15) is 4.88 Å². The van der Waals surface area contributed by atoms with Crippen LogP contribution >= 0.6 is 11.3 Å². The molecule has 0 spiro atoms. The Hall–Kier alpha value is -2.27. The first kappa shape index (κ1) is 22.9. The Kier molecular flexibility index (Phi) is 6.66. The van der Waals surface area contributed by atoms with Crippen molar-refractivity contribution in [3.05, 3.63) is 45.6 Å². The summed E-state index contributed by atoms with van der Waals surface area (Å²) in [5.74, 6) is -0.996.